The van der Waals surface area contributed by atoms with Crippen LogP contribution >= 0.6 is 0 Å². The van der Waals surface area contributed by atoms with Gasteiger partial charge >= 0.3 is 0 Å². The summed E-state index contributed by atoms with van der Waals surface area (Å²) in [6.45, 7) is 0. The minimum atomic E-state index is 0.226. The summed E-state index contributed by atoms with van der Waals surface area (Å²) >= 11 is 0. The highest BCUT2D eigenvalue weighted by molar-refractivity contribution is 5.84. The fraction of sp³-hybridized carbons (Fsp3) is 0. The first kappa shape index (κ1) is 13.3. The Labute approximate surface area is 131 Å². The molecule has 0 atom stereocenters. The molecule has 0 aliphatic rings. The van der Waals surface area contributed by atoms with Gasteiger partial charge in [0.15, 0.2) is 11.5 Å². The molecule has 3 N–H and O–H groups in total. The van der Waals surface area contributed by atoms with Crippen molar-refractivity contribution >= 4 is 11.5 Å². The van der Waals surface area contributed by atoms with E-state index in [2.05, 4.69) is 15.1 Å². The van der Waals surface area contributed by atoms with E-state index in [1.807, 2.05) is 36.5 Å². The molecule has 0 bridgehead atoms. The normalized spacial score (nSPS) is 11.0. The Morgan fingerprint density at radius 3 is 2.52 bits per heavy atom. The van der Waals surface area contributed by atoms with Gasteiger partial charge in [0.05, 0.1) is 11.3 Å². The van der Waals surface area contributed by atoms with Gasteiger partial charge in [-0.05, 0) is 29.8 Å². The van der Waals surface area contributed by atoms with Gasteiger partial charge in [-0.1, -0.05) is 18.2 Å². The number of rotatable bonds is 2. The molecule has 4 rings (SSSR count). The molecule has 3 aromatic heterocycles. The second-order valence-corrected chi connectivity index (χ2v) is 5.13. The van der Waals surface area contributed by atoms with Crippen LogP contribution in [0.5, 0.6) is 5.75 Å². The number of benzene rings is 1. The van der Waals surface area contributed by atoms with Crippen LogP contribution in [0.15, 0.2) is 61.1 Å². The van der Waals surface area contributed by atoms with E-state index >= 15 is 0 Å². The molecule has 0 saturated carbocycles. The van der Waals surface area contributed by atoms with Crippen LogP contribution in [0.4, 0.5) is 5.82 Å². The van der Waals surface area contributed by atoms with Crippen LogP contribution < -0.4 is 5.73 Å². The minimum Gasteiger partial charge on any atom is -0.508 e. The maximum atomic E-state index is 9.38. The van der Waals surface area contributed by atoms with Gasteiger partial charge in [0.2, 0.25) is 0 Å². The number of nitrogen functional groups attached to an aromatic ring is 1. The molecule has 0 aliphatic carbocycles. The quantitative estimate of drug-likeness (QED) is 0.594. The Bertz CT molecular complexity index is 977. The second-order valence-electron chi connectivity index (χ2n) is 5.13. The van der Waals surface area contributed by atoms with Crippen molar-refractivity contribution in [3.63, 3.8) is 0 Å². The summed E-state index contributed by atoms with van der Waals surface area (Å²) in [5.41, 5.74) is 9.99. The SMILES string of the molecule is Nc1nn2cc(-c3ccc(O)cc3)cnc2c1-c1ccccn1. The lowest BCUT2D eigenvalue weighted by molar-refractivity contribution is 0.475. The summed E-state index contributed by atoms with van der Waals surface area (Å²) in [6.07, 6.45) is 5.33. The Morgan fingerprint density at radius 2 is 1.78 bits per heavy atom. The molecular formula is C17H13N5O. The highest BCUT2D eigenvalue weighted by Crippen LogP contribution is 2.29. The molecule has 4 aromatic rings. The van der Waals surface area contributed by atoms with Crippen LogP contribution in [0.1, 0.15) is 0 Å². The van der Waals surface area contributed by atoms with Crippen LogP contribution in [-0.2, 0) is 0 Å². The van der Waals surface area contributed by atoms with E-state index in [1.54, 1.807) is 29.0 Å². The van der Waals surface area contributed by atoms with Gasteiger partial charge in [0.1, 0.15) is 5.75 Å². The van der Waals surface area contributed by atoms with Gasteiger partial charge in [0, 0.05) is 24.2 Å². The van der Waals surface area contributed by atoms with Crippen molar-refractivity contribution in [3.8, 4) is 28.1 Å². The monoisotopic (exact) mass is 303 g/mol. The molecule has 0 unspecified atom stereocenters. The van der Waals surface area contributed by atoms with Crippen molar-refractivity contribution in [3.05, 3.63) is 61.1 Å². The molecule has 23 heavy (non-hydrogen) atoms. The van der Waals surface area contributed by atoms with Gasteiger partial charge in [-0.15, -0.1) is 5.10 Å². The first-order valence-corrected chi connectivity index (χ1v) is 7.07. The zero-order valence-corrected chi connectivity index (χ0v) is 12.1. The van der Waals surface area contributed by atoms with Crippen molar-refractivity contribution in [1.82, 2.24) is 19.6 Å². The maximum absolute atomic E-state index is 9.38. The fourth-order valence-corrected chi connectivity index (χ4v) is 2.51. The van der Waals surface area contributed by atoms with Crippen LogP contribution in [0, 0.1) is 0 Å². The molecule has 0 saturated heterocycles. The third kappa shape index (κ3) is 2.26. The van der Waals surface area contributed by atoms with E-state index in [4.69, 9.17) is 5.73 Å². The summed E-state index contributed by atoms with van der Waals surface area (Å²) in [6, 6.07) is 12.5. The second kappa shape index (κ2) is 5.10. The molecule has 0 fully saturated rings. The van der Waals surface area contributed by atoms with Crippen molar-refractivity contribution in [2.45, 2.75) is 0 Å². The van der Waals surface area contributed by atoms with Crippen LogP contribution in [-0.4, -0.2) is 24.7 Å². The lowest BCUT2D eigenvalue weighted by Crippen LogP contribution is -1.92. The molecule has 0 spiro atoms. The summed E-state index contributed by atoms with van der Waals surface area (Å²) in [7, 11) is 0. The third-order valence-corrected chi connectivity index (χ3v) is 3.62. The smallest absolute Gasteiger partial charge is 0.166 e. The largest absolute Gasteiger partial charge is 0.508 e. The Morgan fingerprint density at radius 1 is 0.957 bits per heavy atom. The number of nitrogens with zero attached hydrogens (tertiary/aromatic N) is 4. The number of aromatic hydroxyl groups is 1. The highest BCUT2D eigenvalue weighted by Gasteiger charge is 2.15. The lowest BCUT2D eigenvalue weighted by Gasteiger charge is -2.03. The van der Waals surface area contributed by atoms with E-state index in [9.17, 15) is 5.11 Å². The number of aromatic nitrogens is 4. The topological polar surface area (TPSA) is 89.3 Å². The molecule has 0 radical (unpaired) electrons. The fourth-order valence-electron chi connectivity index (χ4n) is 2.51. The van der Waals surface area contributed by atoms with E-state index in [-0.39, 0.29) is 5.75 Å². The third-order valence-electron chi connectivity index (χ3n) is 3.62. The summed E-state index contributed by atoms with van der Waals surface area (Å²) < 4.78 is 1.65. The number of fused-ring (bicyclic) bond motifs is 1. The van der Waals surface area contributed by atoms with Gasteiger partial charge < -0.3 is 10.8 Å². The van der Waals surface area contributed by atoms with Crippen molar-refractivity contribution in [1.29, 1.82) is 0 Å². The number of anilines is 1. The molecule has 0 aliphatic heterocycles. The molecule has 1 aromatic carbocycles. The minimum absolute atomic E-state index is 0.226. The highest BCUT2D eigenvalue weighted by atomic mass is 16.3. The van der Waals surface area contributed by atoms with E-state index in [0.29, 0.717) is 11.5 Å². The van der Waals surface area contributed by atoms with Gasteiger partial charge in [0.25, 0.3) is 0 Å². The van der Waals surface area contributed by atoms with Crippen molar-refractivity contribution < 1.29 is 5.11 Å². The maximum Gasteiger partial charge on any atom is 0.166 e. The predicted molar refractivity (Wildman–Crippen MR) is 87.7 cm³/mol. The number of hydrogen-bond donors (Lipinski definition) is 2. The zero-order valence-electron chi connectivity index (χ0n) is 12.1. The summed E-state index contributed by atoms with van der Waals surface area (Å²) in [4.78, 5) is 8.82. The van der Waals surface area contributed by atoms with Crippen molar-refractivity contribution in [2.24, 2.45) is 0 Å². The number of hydrogen-bond acceptors (Lipinski definition) is 5. The predicted octanol–water partition coefficient (Wildman–Crippen LogP) is 2.75. The van der Waals surface area contributed by atoms with Crippen LogP contribution in [0.3, 0.4) is 0 Å². The molecule has 3 heterocycles. The van der Waals surface area contributed by atoms with Crippen molar-refractivity contribution in [2.75, 3.05) is 5.73 Å². The van der Waals surface area contributed by atoms with Gasteiger partial charge in [-0.25, -0.2) is 9.50 Å². The first-order valence-electron chi connectivity index (χ1n) is 7.07. The Hall–Kier alpha value is -3.41. The average Bonchev–Trinajstić information content (AvgIpc) is 2.91. The molecule has 6 heteroatoms. The summed E-state index contributed by atoms with van der Waals surface area (Å²) in [5, 5.41) is 13.7. The van der Waals surface area contributed by atoms with E-state index in [0.717, 1.165) is 22.4 Å². The zero-order chi connectivity index (χ0) is 15.8. The molecule has 6 nitrogen and oxygen atoms in total. The first-order chi connectivity index (χ1) is 11.2. The molecule has 0 amide bonds. The average molecular weight is 303 g/mol. The number of nitrogens with two attached hydrogens (primary N) is 1. The Kier molecular flexibility index (Phi) is 2.94. The van der Waals surface area contributed by atoms with Crippen LogP contribution in [0.25, 0.3) is 28.0 Å². The Balaban J connectivity index is 1.87. The lowest BCUT2D eigenvalue weighted by atomic mass is 10.1. The summed E-state index contributed by atoms with van der Waals surface area (Å²) in [5.74, 6) is 0.614. The standard InChI is InChI=1S/C17H13N5O/c18-16-15(14-3-1-2-8-19-14)17-20-9-12(10-22(17)21-16)11-4-6-13(23)7-5-11/h1-10,23H,(H2,18,21). The van der Waals surface area contributed by atoms with Crippen LogP contribution in [0.2, 0.25) is 0 Å². The van der Waals surface area contributed by atoms with Gasteiger partial charge in [-0.2, -0.15) is 0 Å². The molecular weight excluding hydrogens is 290 g/mol. The van der Waals surface area contributed by atoms with Gasteiger partial charge in [-0.3, -0.25) is 4.98 Å². The number of phenolic OH excluding ortho intramolecular Hbond substituents is 1. The van der Waals surface area contributed by atoms with E-state index < -0.39 is 0 Å². The number of phenols is 1. The molecule has 112 valence electrons. The number of pyridine rings is 1. The van der Waals surface area contributed by atoms with E-state index in [1.165, 1.54) is 0 Å².